The van der Waals surface area contributed by atoms with Crippen LogP contribution < -0.4 is 10.2 Å². The molecular formula is C15H20N4O. The topological polar surface area (TPSA) is 50.3 Å². The molecule has 0 amide bonds. The van der Waals surface area contributed by atoms with Crippen LogP contribution in [0.25, 0.3) is 10.9 Å². The van der Waals surface area contributed by atoms with Gasteiger partial charge < -0.3 is 15.0 Å². The number of hydrogen-bond donors (Lipinski definition) is 1. The Kier molecular flexibility index (Phi) is 3.69. The summed E-state index contributed by atoms with van der Waals surface area (Å²) in [6.07, 6.45) is 2.47. The Bertz CT molecular complexity index is 597. The van der Waals surface area contributed by atoms with Gasteiger partial charge in [0.25, 0.3) is 0 Å². The minimum Gasteiger partial charge on any atom is -0.383 e. The second kappa shape index (κ2) is 5.63. The van der Waals surface area contributed by atoms with Gasteiger partial charge in [-0.05, 0) is 25.0 Å². The quantitative estimate of drug-likeness (QED) is 0.874. The highest BCUT2D eigenvalue weighted by Gasteiger charge is 2.31. The van der Waals surface area contributed by atoms with E-state index in [4.69, 9.17) is 4.74 Å². The average molecular weight is 272 g/mol. The number of rotatable bonds is 6. The maximum absolute atomic E-state index is 5.24. The first-order chi connectivity index (χ1) is 9.83. The van der Waals surface area contributed by atoms with Gasteiger partial charge in [-0.3, -0.25) is 0 Å². The average Bonchev–Trinajstić information content (AvgIpc) is 3.32. The van der Waals surface area contributed by atoms with E-state index in [1.165, 1.54) is 12.8 Å². The van der Waals surface area contributed by atoms with E-state index in [-0.39, 0.29) is 0 Å². The fourth-order valence-corrected chi connectivity index (χ4v) is 2.43. The summed E-state index contributed by atoms with van der Waals surface area (Å²) in [5.41, 5.74) is 0.977. The van der Waals surface area contributed by atoms with E-state index in [0.29, 0.717) is 18.6 Å². The van der Waals surface area contributed by atoms with Gasteiger partial charge in [-0.2, -0.15) is 4.98 Å². The van der Waals surface area contributed by atoms with Gasteiger partial charge in [0.15, 0.2) is 0 Å². The van der Waals surface area contributed by atoms with Crippen LogP contribution in [0.1, 0.15) is 12.8 Å². The third-order valence-corrected chi connectivity index (χ3v) is 3.60. The molecule has 1 heterocycles. The molecule has 0 radical (unpaired) electrons. The minimum atomic E-state index is 0.591. The molecule has 5 nitrogen and oxygen atoms in total. The summed E-state index contributed by atoms with van der Waals surface area (Å²) < 4.78 is 5.24. The van der Waals surface area contributed by atoms with Crippen LogP contribution in [-0.4, -0.2) is 43.3 Å². The van der Waals surface area contributed by atoms with Crippen LogP contribution in [0.5, 0.6) is 0 Å². The van der Waals surface area contributed by atoms with Crippen LogP contribution in [0.3, 0.4) is 0 Å². The molecule has 0 saturated heterocycles. The molecule has 3 rings (SSSR count). The fourth-order valence-electron chi connectivity index (χ4n) is 2.43. The highest BCUT2D eigenvalue weighted by molar-refractivity contribution is 5.90. The molecule has 0 unspecified atom stereocenters. The molecule has 20 heavy (non-hydrogen) atoms. The first-order valence-corrected chi connectivity index (χ1v) is 7.03. The number of methoxy groups -OCH3 is 1. The molecule has 1 fully saturated rings. The monoisotopic (exact) mass is 272 g/mol. The van der Waals surface area contributed by atoms with Crippen molar-refractivity contribution in [3.8, 4) is 0 Å². The van der Waals surface area contributed by atoms with Crippen molar-refractivity contribution in [3.05, 3.63) is 24.3 Å². The second-order valence-electron chi connectivity index (χ2n) is 5.06. The molecule has 1 aromatic heterocycles. The highest BCUT2D eigenvalue weighted by atomic mass is 16.5. The number of ether oxygens (including phenoxy) is 1. The Balaban J connectivity index is 2.06. The van der Waals surface area contributed by atoms with Crippen LogP contribution in [0.2, 0.25) is 0 Å². The van der Waals surface area contributed by atoms with Gasteiger partial charge in [0.05, 0.1) is 12.1 Å². The van der Waals surface area contributed by atoms with Crippen LogP contribution in [0.4, 0.5) is 11.8 Å². The summed E-state index contributed by atoms with van der Waals surface area (Å²) in [6.45, 7) is 1.58. The van der Waals surface area contributed by atoms with E-state index in [9.17, 15) is 0 Å². The SMILES string of the molecule is CNc1nc(N(CCOC)C2CC2)c2ccccc2n1. The Morgan fingerprint density at radius 1 is 1.30 bits per heavy atom. The lowest BCUT2D eigenvalue weighted by atomic mass is 10.2. The lowest BCUT2D eigenvalue weighted by Crippen LogP contribution is -2.30. The zero-order valence-corrected chi connectivity index (χ0v) is 12.0. The fraction of sp³-hybridized carbons (Fsp3) is 0.467. The number of hydrogen-bond acceptors (Lipinski definition) is 5. The van der Waals surface area contributed by atoms with E-state index in [1.54, 1.807) is 7.11 Å². The molecule has 1 aromatic carbocycles. The number of nitrogens with zero attached hydrogens (tertiary/aromatic N) is 3. The normalized spacial score (nSPS) is 14.5. The largest absolute Gasteiger partial charge is 0.383 e. The van der Waals surface area contributed by atoms with E-state index in [1.807, 2.05) is 25.2 Å². The van der Waals surface area contributed by atoms with Crippen molar-refractivity contribution < 1.29 is 4.74 Å². The van der Waals surface area contributed by atoms with Crippen molar-refractivity contribution in [3.63, 3.8) is 0 Å². The van der Waals surface area contributed by atoms with Gasteiger partial charge in [0, 0.05) is 32.1 Å². The predicted octanol–water partition coefficient (Wildman–Crippen LogP) is 2.29. The van der Waals surface area contributed by atoms with Crippen LogP contribution in [-0.2, 0) is 4.74 Å². The molecule has 1 aliphatic carbocycles. The summed E-state index contributed by atoms with van der Waals surface area (Å²) in [6, 6.07) is 8.76. The molecule has 1 aliphatic rings. The molecule has 5 heteroatoms. The maximum atomic E-state index is 5.24. The standard InChI is InChI=1S/C15H20N4O/c1-16-15-17-13-6-4-3-5-12(13)14(18-15)19(9-10-20-2)11-7-8-11/h3-6,11H,7-10H2,1-2H3,(H,16,17,18). The summed E-state index contributed by atoms with van der Waals surface area (Å²) >= 11 is 0. The van der Waals surface area contributed by atoms with E-state index < -0.39 is 0 Å². The van der Waals surface area contributed by atoms with Crippen molar-refractivity contribution in [2.24, 2.45) is 0 Å². The second-order valence-corrected chi connectivity index (χ2v) is 5.06. The van der Waals surface area contributed by atoms with Crippen molar-refractivity contribution in [2.75, 3.05) is 37.5 Å². The van der Waals surface area contributed by atoms with Crippen LogP contribution >= 0.6 is 0 Å². The molecule has 0 spiro atoms. The summed E-state index contributed by atoms with van der Waals surface area (Å²) in [5, 5.41) is 4.16. The third-order valence-electron chi connectivity index (χ3n) is 3.60. The molecule has 0 atom stereocenters. The summed E-state index contributed by atoms with van der Waals surface area (Å²) in [7, 11) is 3.59. The molecule has 1 N–H and O–H groups in total. The van der Waals surface area contributed by atoms with E-state index >= 15 is 0 Å². The zero-order chi connectivity index (χ0) is 13.9. The first-order valence-electron chi connectivity index (χ1n) is 7.03. The third kappa shape index (κ3) is 2.54. The number of benzene rings is 1. The predicted molar refractivity (Wildman–Crippen MR) is 81.3 cm³/mol. The molecule has 0 bridgehead atoms. The minimum absolute atomic E-state index is 0.591. The number of fused-ring (bicyclic) bond motifs is 1. The number of aromatic nitrogens is 2. The molecule has 1 saturated carbocycles. The molecular weight excluding hydrogens is 252 g/mol. The van der Waals surface area contributed by atoms with Gasteiger partial charge in [0.2, 0.25) is 5.95 Å². The van der Waals surface area contributed by atoms with Gasteiger partial charge in [-0.15, -0.1) is 0 Å². The number of anilines is 2. The Labute approximate surface area is 119 Å². The Morgan fingerprint density at radius 2 is 2.10 bits per heavy atom. The summed E-state index contributed by atoms with van der Waals surface area (Å²) in [5.74, 6) is 1.68. The first kappa shape index (κ1) is 13.1. The van der Waals surface area contributed by atoms with Crippen LogP contribution in [0.15, 0.2) is 24.3 Å². The molecule has 106 valence electrons. The highest BCUT2D eigenvalue weighted by Crippen LogP contribution is 2.34. The van der Waals surface area contributed by atoms with E-state index in [2.05, 4.69) is 26.3 Å². The Morgan fingerprint density at radius 3 is 2.80 bits per heavy atom. The lowest BCUT2D eigenvalue weighted by molar-refractivity contribution is 0.205. The van der Waals surface area contributed by atoms with Crippen molar-refractivity contribution >= 4 is 22.7 Å². The van der Waals surface area contributed by atoms with Gasteiger partial charge >= 0.3 is 0 Å². The number of nitrogens with one attached hydrogen (secondary N) is 1. The zero-order valence-electron chi connectivity index (χ0n) is 12.0. The smallest absolute Gasteiger partial charge is 0.224 e. The van der Waals surface area contributed by atoms with Gasteiger partial charge in [-0.25, -0.2) is 4.98 Å². The maximum Gasteiger partial charge on any atom is 0.224 e. The van der Waals surface area contributed by atoms with E-state index in [0.717, 1.165) is 23.3 Å². The molecule has 0 aliphatic heterocycles. The van der Waals surface area contributed by atoms with Crippen molar-refractivity contribution in [1.29, 1.82) is 0 Å². The Hall–Kier alpha value is -1.88. The van der Waals surface area contributed by atoms with Crippen molar-refractivity contribution in [1.82, 2.24) is 9.97 Å². The number of para-hydroxylation sites is 1. The van der Waals surface area contributed by atoms with Gasteiger partial charge in [-0.1, -0.05) is 12.1 Å². The molecule has 2 aromatic rings. The summed E-state index contributed by atoms with van der Waals surface area (Å²) in [4.78, 5) is 11.6. The van der Waals surface area contributed by atoms with Crippen LogP contribution in [0, 0.1) is 0 Å². The lowest BCUT2D eigenvalue weighted by Gasteiger charge is -2.24. The van der Waals surface area contributed by atoms with Crippen molar-refractivity contribution in [2.45, 2.75) is 18.9 Å². The van der Waals surface area contributed by atoms with Gasteiger partial charge in [0.1, 0.15) is 5.82 Å².